The predicted octanol–water partition coefficient (Wildman–Crippen LogP) is 3.85. The summed E-state index contributed by atoms with van der Waals surface area (Å²) in [6.45, 7) is 3.86. The molecule has 1 aromatic rings. The number of rotatable bonds is 1. The molecule has 1 N–H and O–H groups in total. The van der Waals surface area contributed by atoms with Crippen molar-refractivity contribution in [2.24, 2.45) is 5.41 Å². The number of ether oxygens (including phenoxy) is 1. The van der Waals surface area contributed by atoms with Crippen molar-refractivity contribution in [2.75, 3.05) is 6.61 Å². The van der Waals surface area contributed by atoms with Crippen LogP contribution < -0.4 is 5.32 Å². The molecule has 4 nitrogen and oxygen atoms in total. The maximum Gasteiger partial charge on any atom is 0.416 e. The van der Waals surface area contributed by atoms with E-state index in [0.29, 0.717) is 17.8 Å². The molecule has 1 unspecified atom stereocenters. The van der Waals surface area contributed by atoms with Gasteiger partial charge in [0.15, 0.2) is 5.78 Å². The lowest BCUT2D eigenvalue weighted by atomic mass is 9.68. The molecule has 0 fully saturated rings. The molecule has 7 heteroatoms. The van der Waals surface area contributed by atoms with Crippen LogP contribution in [0.1, 0.15) is 43.7 Å². The first-order valence-electron chi connectivity index (χ1n) is 8.68. The Kier molecular flexibility index (Phi) is 3.77. The molecule has 142 valence electrons. The number of benzene rings is 1. The van der Waals surface area contributed by atoms with Crippen LogP contribution in [0, 0.1) is 5.41 Å². The molecular formula is C20H18F3NO3. The Bertz CT molecular complexity index is 925. The molecule has 0 saturated carbocycles. The molecule has 2 heterocycles. The predicted molar refractivity (Wildman–Crippen MR) is 90.4 cm³/mol. The highest BCUT2D eigenvalue weighted by molar-refractivity contribution is 6.05. The highest BCUT2D eigenvalue weighted by Crippen LogP contribution is 2.50. The number of dihydropyridines is 1. The van der Waals surface area contributed by atoms with Gasteiger partial charge in [-0.2, -0.15) is 13.2 Å². The molecule has 4 rings (SSSR count). The lowest BCUT2D eigenvalue weighted by Crippen LogP contribution is -2.38. The Labute approximate surface area is 154 Å². The average molecular weight is 377 g/mol. The van der Waals surface area contributed by atoms with Crippen molar-refractivity contribution >= 4 is 11.8 Å². The molecule has 27 heavy (non-hydrogen) atoms. The van der Waals surface area contributed by atoms with Gasteiger partial charge in [-0.3, -0.25) is 4.79 Å². The molecule has 0 saturated heterocycles. The molecule has 3 aliphatic rings. The zero-order chi connectivity index (χ0) is 19.6. The van der Waals surface area contributed by atoms with E-state index in [0.717, 1.165) is 6.07 Å². The summed E-state index contributed by atoms with van der Waals surface area (Å²) >= 11 is 0. The summed E-state index contributed by atoms with van der Waals surface area (Å²) in [5.41, 5.74) is 0.174. The second-order valence-electron chi connectivity index (χ2n) is 7.94. The van der Waals surface area contributed by atoms with Crippen LogP contribution in [0.3, 0.4) is 0 Å². The molecule has 2 aliphatic heterocycles. The minimum absolute atomic E-state index is 0.0236. The normalized spacial score (nSPS) is 24.4. The Hall–Kier alpha value is -2.57. The van der Waals surface area contributed by atoms with Gasteiger partial charge in [0.1, 0.15) is 6.61 Å². The number of nitrogens with one attached hydrogen (secondary N) is 1. The lowest BCUT2D eigenvalue weighted by molar-refractivity contribution is -0.139. The molecule has 0 aromatic heterocycles. The molecular weight excluding hydrogens is 359 g/mol. The fourth-order valence-corrected chi connectivity index (χ4v) is 4.24. The van der Waals surface area contributed by atoms with Gasteiger partial charge in [-0.1, -0.05) is 32.0 Å². The Morgan fingerprint density at radius 2 is 1.78 bits per heavy atom. The number of hydrogen-bond donors (Lipinski definition) is 1. The van der Waals surface area contributed by atoms with E-state index in [9.17, 15) is 22.8 Å². The summed E-state index contributed by atoms with van der Waals surface area (Å²) in [6, 6.07) is 5.11. The third-order valence-corrected chi connectivity index (χ3v) is 5.27. The SMILES string of the molecule is CC1(C)CC(=O)C2=C(C1)NC1=C(C(=O)OC1)C2c1ccccc1C(F)(F)F. The van der Waals surface area contributed by atoms with E-state index in [1.807, 2.05) is 13.8 Å². The van der Waals surface area contributed by atoms with E-state index >= 15 is 0 Å². The van der Waals surface area contributed by atoms with Crippen LogP contribution in [0.2, 0.25) is 0 Å². The minimum atomic E-state index is -4.59. The first kappa shape index (κ1) is 17.8. The number of alkyl halides is 3. The van der Waals surface area contributed by atoms with Gasteiger partial charge in [0.25, 0.3) is 0 Å². The molecule has 0 spiro atoms. The van der Waals surface area contributed by atoms with Crippen LogP contribution in [-0.2, 0) is 20.5 Å². The number of hydrogen-bond acceptors (Lipinski definition) is 4. The first-order chi connectivity index (χ1) is 12.6. The quantitative estimate of drug-likeness (QED) is 0.756. The lowest BCUT2D eigenvalue weighted by Gasteiger charge is -2.38. The summed E-state index contributed by atoms with van der Waals surface area (Å²) < 4.78 is 46.0. The largest absolute Gasteiger partial charge is 0.456 e. The van der Waals surface area contributed by atoms with E-state index in [4.69, 9.17) is 4.74 Å². The molecule has 0 radical (unpaired) electrons. The van der Waals surface area contributed by atoms with Gasteiger partial charge in [-0.15, -0.1) is 0 Å². The van der Waals surface area contributed by atoms with E-state index < -0.39 is 23.6 Å². The van der Waals surface area contributed by atoms with Gasteiger partial charge >= 0.3 is 12.1 Å². The van der Waals surface area contributed by atoms with Crippen molar-refractivity contribution < 1.29 is 27.5 Å². The standard InChI is InChI=1S/C20H18F3NO3/c1-19(2)7-12-16(14(25)8-19)15(17-13(24-12)9-27-18(17)26)10-5-3-4-6-11(10)20(21,22)23/h3-6,15,24H,7-9H2,1-2H3. The van der Waals surface area contributed by atoms with E-state index in [1.165, 1.54) is 18.2 Å². The van der Waals surface area contributed by atoms with Crippen molar-refractivity contribution in [3.63, 3.8) is 0 Å². The number of Topliss-reactive ketones (excluding diaryl/α,β-unsaturated/α-hetero) is 1. The maximum atomic E-state index is 13.6. The number of ketones is 1. The molecule has 0 amide bonds. The molecule has 0 bridgehead atoms. The summed E-state index contributed by atoms with van der Waals surface area (Å²) in [5.74, 6) is -1.97. The average Bonchev–Trinajstić information content (AvgIpc) is 2.92. The van der Waals surface area contributed by atoms with Crippen LogP contribution in [-0.4, -0.2) is 18.4 Å². The van der Waals surface area contributed by atoms with E-state index in [2.05, 4.69) is 5.32 Å². The van der Waals surface area contributed by atoms with E-state index in [1.54, 1.807) is 0 Å². The summed E-state index contributed by atoms with van der Waals surface area (Å²) in [6.07, 6.45) is -3.86. The minimum Gasteiger partial charge on any atom is -0.456 e. The molecule has 1 aromatic carbocycles. The van der Waals surface area contributed by atoms with Gasteiger partial charge < -0.3 is 10.1 Å². The van der Waals surface area contributed by atoms with Gasteiger partial charge in [0.05, 0.1) is 16.8 Å². The monoisotopic (exact) mass is 377 g/mol. The number of allylic oxidation sites excluding steroid dienone is 2. The smallest absolute Gasteiger partial charge is 0.416 e. The highest BCUT2D eigenvalue weighted by atomic mass is 19.4. The van der Waals surface area contributed by atoms with E-state index in [-0.39, 0.29) is 40.9 Å². The topological polar surface area (TPSA) is 55.4 Å². The number of carbonyl (C=O) groups is 2. The van der Waals surface area contributed by atoms with Gasteiger partial charge in [-0.25, -0.2) is 4.79 Å². The fraction of sp³-hybridized carbons (Fsp3) is 0.400. The van der Waals surface area contributed by atoms with Crippen LogP contribution in [0.25, 0.3) is 0 Å². The highest BCUT2D eigenvalue weighted by Gasteiger charge is 2.48. The second-order valence-corrected chi connectivity index (χ2v) is 7.94. The van der Waals surface area contributed by atoms with Crippen molar-refractivity contribution in [3.8, 4) is 0 Å². The fourth-order valence-electron chi connectivity index (χ4n) is 4.24. The van der Waals surface area contributed by atoms with Gasteiger partial charge in [0.2, 0.25) is 0 Å². The van der Waals surface area contributed by atoms with Crippen molar-refractivity contribution in [2.45, 2.75) is 38.8 Å². The van der Waals surface area contributed by atoms with Crippen molar-refractivity contribution in [1.82, 2.24) is 5.32 Å². The third kappa shape index (κ3) is 2.85. The van der Waals surface area contributed by atoms with Crippen LogP contribution in [0.4, 0.5) is 13.2 Å². The Morgan fingerprint density at radius 3 is 2.48 bits per heavy atom. The van der Waals surface area contributed by atoms with Crippen LogP contribution in [0.15, 0.2) is 46.8 Å². The third-order valence-electron chi connectivity index (χ3n) is 5.27. The second kappa shape index (κ2) is 5.71. The Balaban J connectivity index is 1.96. The van der Waals surface area contributed by atoms with Crippen molar-refractivity contribution in [3.05, 3.63) is 57.9 Å². The number of esters is 1. The van der Waals surface area contributed by atoms with Gasteiger partial charge in [0, 0.05) is 23.6 Å². The molecule has 1 atom stereocenters. The molecule has 1 aliphatic carbocycles. The number of carbonyl (C=O) groups excluding carboxylic acids is 2. The summed E-state index contributed by atoms with van der Waals surface area (Å²) in [7, 11) is 0. The number of cyclic esters (lactones) is 1. The summed E-state index contributed by atoms with van der Waals surface area (Å²) in [5, 5.41) is 3.10. The van der Waals surface area contributed by atoms with Crippen LogP contribution in [0.5, 0.6) is 0 Å². The Morgan fingerprint density at radius 1 is 1.07 bits per heavy atom. The van der Waals surface area contributed by atoms with Gasteiger partial charge in [-0.05, 0) is 23.5 Å². The zero-order valence-corrected chi connectivity index (χ0v) is 14.9. The van der Waals surface area contributed by atoms with Crippen molar-refractivity contribution in [1.29, 1.82) is 0 Å². The maximum absolute atomic E-state index is 13.6. The zero-order valence-electron chi connectivity index (χ0n) is 14.9. The summed E-state index contributed by atoms with van der Waals surface area (Å²) in [4.78, 5) is 25.3. The number of halogens is 3. The van der Waals surface area contributed by atoms with Crippen LogP contribution >= 0.6 is 0 Å². The first-order valence-corrected chi connectivity index (χ1v) is 8.68.